The van der Waals surface area contributed by atoms with Gasteiger partial charge >= 0.3 is 17.9 Å². The van der Waals surface area contributed by atoms with Crippen LogP contribution in [0.2, 0.25) is 0 Å². The predicted octanol–water partition coefficient (Wildman–Crippen LogP) is 23.3. The van der Waals surface area contributed by atoms with Crippen LogP contribution >= 0.6 is 0 Å². The first-order valence-corrected chi connectivity index (χ1v) is 33.9. The zero-order valence-corrected chi connectivity index (χ0v) is 51.9. The summed E-state index contributed by atoms with van der Waals surface area (Å²) in [6.45, 7) is 6.62. The zero-order chi connectivity index (χ0) is 56.4. The molecule has 0 spiro atoms. The Kier molecular flexibility index (Phi) is 63.7. The maximum Gasteiger partial charge on any atom is 0.306 e. The summed E-state index contributed by atoms with van der Waals surface area (Å²) >= 11 is 0. The molecule has 0 N–H and O–H groups in total. The standard InChI is InChI=1S/C72H128O6/c1-4-7-10-13-16-19-22-25-28-30-31-32-33-34-35-36-37-38-39-40-41-42-45-47-50-53-56-59-62-65-71(74)77-68-69(67-76-70(73)64-61-58-55-52-49-46-43-27-24-21-18-15-12-9-6-3)78-72(75)66-63-60-57-54-51-48-44-29-26-23-20-17-14-11-8-5-2/h18,21-22,25,27,29-31,33-34,43-44,69H,4-17,19-20,23-24,26,28,32,35-42,45-68H2,1-3H3/b21-18-,25-22-,31-30-,34-33-,43-27-,44-29-. The molecule has 0 aliphatic rings. The van der Waals surface area contributed by atoms with Gasteiger partial charge in [-0.3, -0.25) is 14.4 Å². The molecular weight excluding hydrogens is 961 g/mol. The first-order valence-electron chi connectivity index (χ1n) is 33.9. The second-order valence-electron chi connectivity index (χ2n) is 22.7. The Bertz CT molecular complexity index is 1440. The lowest BCUT2D eigenvalue weighted by Gasteiger charge is -2.18. The highest BCUT2D eigenvalue weighted by Gasteiger charge is 2.19. The number of rotatable bonds is 62. The monoisotopic (exact) mass is 1090 g/mol. The highest BCUT2D eigenvalue weighted by atomic mass is 16.6. The Labute approximate surface area is 484 Å². The van der Waals surface area contributed by atoms with Crippen molar-refractivity contribution < 1.29 is 28.6 Å². The lowest BCUT2D eigenvalue weighted by molar-refractivity contribution is -0.167. The van der Waals surface area contributed by atoms with Crippen molar-refractivity contribution in [3.8, 4) is 0 Å². The van der Waals surface area contributed by atoms with Crippen LogP contribution in [0.4, 0.5) is 0 Å². The molecule has 1 unspecified atom stereocenters. The van der Waals surface area contributed by atoms with Crippen molar-refractivity contribution in [2.75, 3.05) is 13.2 Å². The first kappa shape index (κ1) is 74.8. The summed E-state index contributed by atoms with van der Waals surface area (Å²) in [5.74, 6) is -0.888. The summed E-state index contributed by atoms with van der Waals surface area (Å²) in [6.07, 6.45) is 86.3. The number of carbonyl (C=O) groups excluding carboxylic acids is 3. The van der Waals surface area contributed by atoms with Gasteiger partial charge < -0.3 is 14.2 Å². The van der Waals surface area contributed by atoms with Gasteiger partial charge in [-0.15, -0.1) is 0 Å². The van der Waals surface area contributed by atoms with E-state index in [1.54, 1.807) is 0 Å². The second-order valence-corrected chi connectivity index (χ2v) is 22.7. The van der Waals surface area contributed by atoms with Gasteiger partial charge in [0.05, 0.1) is 0 Å². The summed E-state index contributed by atoms with van der Waals surface area (Å²) < 4.78 is 16.9. The maximum atomic E-state index is 12.9. The van der Waals surface area contributed by atoms with Gasteiger partial charge in [-0.1, -0.05) is 286 Å². The molecule has 0 radical (unpaired) electrons. The fourth-order valence-electron chi connectivity index (χ4n) is 9.77. The molecular formula is C72H128O6. The molecule has 0 heterocycles. The van der Waals surface area contributed by atoms with Crippen LogP contribution < -0.4 is 0 Å². The van der Waals surface area contributed by atoms with E-state index in [1.807, 2.05) is 0 Å². The van der Waals surface area contributed by atoms with E-state index in [9.17, 15) is 14.4 Å². The van der Waals surface area contributed by atoms with Crippen molar-refractivity contribution in [3.63, 3.8) is 0 Å². The smallest absolute Gasteiger partial charge is 0.306 e. The molecule has 0 aromatic rings. The molecule has 0 saturated heterocycles. The summed E-state index contributed by atoms with van der Waals surface area (Å²) in [6, 6.07) is 0. The Hall–Kier alpha value is -3.15. The lowest BCUT2D eigenvalue weighted by atomic mass is 10.0. The molecule has 0 aliphatic carbocycles. The normalized spacial score (nSPS) is 12.5. The number of hydrogen-bond acceptors (Lipinski definition) is 6. The fraction of sp³-hybridized carbons (Fsp3) is 0.792. The SMILES string of the molecule is CCCCC/C=C\C/C=C\CCCCCCCC(=O)OCC(COC(=O)CCCCCCCCCCCCCCCC/C=C\C/C=C\C/C=C\CCCCCCC)OC(=O)CCCCCCC/C=C\CCCCCCCCC. The molecule has 452 valence electrons. The van der Waals surface area contributed by atoms with Crippen molar-refractivity contribution >= 4 is 17.9 Å². The third-order valence-electron chi connectivity index (χ3n) is 14.9. The van der Waals surface area contributed by atoms with Crippen LogP contribution in [-0.2, 0) is 28.6 Å². The quantitative estimate of drug-likeness (QED) is 0.0261. The van der Waals surface area contributed by atoms with Gasteiger partial charge in [-0.25, -0.2) is 0 Å². The van der Waals surface area contributed by atoms with Crippen molar-refractivity contribution in [2.45, 2.75) is 354 Å². The molecule has 0 aromatic carbocycles. The van der Waals surface area contributed by atoms with Gasteiger partial charge in [0, 0.05) is 19.3 Å². The molecule has 0 aliphatic heterocycles. The third kappa shape index (κ3) is 63.7. The van der Waals surface area contributed by atoms with Gasteiger partial charge in [0.1, 0.15) is 13.2 Å². The Morgan fingerprint density at radius 1 is 0.256 bits per heavy atom. The molecule has 0 amide bonds. The van der Waals surface area contributed by atoms with E-state index < -0.39 is 6.10 Å². The minimum absolute atomic E-state index is 0.0814. The highest BCUT2D eigenvalue weighted by Crippen LogP contribution is 2.17. The van der Waals surface area contributed by atoms with Crippen LogP contribution in [0.5, 0.6) is 0 Å². The van der Waals surface area contributed by atoms with Crippen LogP contribution in [0.3, 0.4) is 0 Å². The summed E-state index contributed by atoms with van der Waals surface area (Å²) in [5.41, 5.74) is 0. The van der Waals surface area contributed by atoms with E-state index in [2.05, 4.69) is 93.7 Å². The van der Waals surface area contributed by atoms with Crippen LogP contribution in [0.1, 0.15) is 348 Å². The van der Waals surface area contributed by atoms with E-state index in [4.69, 9.17) is 14.2 Å². The first-order chi connectivity index (χ1) is 38.5. The number of allylic oxidation sites excluding steroid dienone is 12. The zero-order valence-electron chi connectivity index (χ0n) is 51.9. The largest absolute Gasteiger partial charge is 0.462 e. The van der Waals surface area contributed by atoms with Crippen LogP contribution in [0, 0.1) is 0 Å². The Morgan fingerprint density at radius 3 is 0.756 bits per heavy atom. The van der Waals surface area contributed by atoms with E-state index in [1.165, 1.54) is 205 Å². The van der Waals surface area contributed by atoms with Crippen molar-refractivity contribution in [3.05, 3.63) is 72.9 Å². The molecule has 0 rings (SSSR count). The average Bonchev–Trinajstić information content (AvgIpc) is 3.44. The summed E-state index contributed by atoms with van der Waals surface area (Å²) in [7, 11) is 0. The molecule has 6 nitrogen and oxygen atoms in total. The number of unbranched alkanes of at least 4 members (excludes halogenated alkanes) is 39. The third-order valence-corrected chi connectivity index (χ3v) is 14.9. The van der Waals surface area contributed by atoms with Gasteiger partial charge in [0.25, 0.3) is 0 Å². The van der Waals surface area contributed by atoms with E-state index in [0.29, 0.717) is 19.3 Å². The van der Waals surface area contributed by atoms with Crippen LogP contribution in [-0.4, -0.2) is 37.2 Å². The lowest BCUT2D eigenvalue weighted by Crippen LogP contribution is -2.30. The molecule has 0 saturated carbocycles. The van der Waals surface area contributed by atoms with Crippen molar-refractivity contribution in [1.29, 1.82) is 0 Å². The summed E-state index contributed by atoms with van der Waals surface area (Å²) in [4.78, 5) is 38.3. The topological polar surface area (TPSA) is 78.9 Å². The molecule has 78 heavy (non-hydrogen) atoms. The van der Waals surface area contributed by atoms with E-state index in [-0.39, 0.29) is 31.1 Å². The van der Waals surface area contributed by atoms with Crippen LogP contribution in [0.25, 0.3) is 0 Å². The van der Waals surface area contributed by atoms with E-state index >= 15 is 0 Å². The molecule has 0 bridgehead atoms. The fourth-order valence-corrected chi connectivity index (χ4v) is 9.77. The number of carbonyl (C=O) groups is 3. The molecule has 1 atom stereocenters. The molecule has 0 aromatic heterocycles. The van der Waals surface area contributed by atoms with Crippen molar-refractivity contribution in [1.82, 2.24) is 0 Å². The van der Waals surface area contributed by atoms with Gasteiger partial charge in [0.2, 0.25) is 0 Å². The molecule has 0 fully saturated rings. The highest BCUT2D eigenvalue weighted by molar-refractivity contribution is 5.71. The van der Waals surface area contributed by atoms with Crippen LogP contribution in [0.15, 0.2) is 72.9 Å². The minimum Gasteiger partial charge on any atom is -0.462 e. The van der Waals surface area contributed by atoms with Gasteiger partial charge in [-0.2, -0.15) is 0 Å². The van der Waals surface area contributed by atoms with E-state index in [0.717, 1.165) is 103 Å². The van der Waals surface area contributed by atoms with Gasteiger partial charge in [-0.05, 0) is 116 Å². The minimum atomic E-state index is -0.786. The second kappa shape index (κ2) is 66.4. The maximum absolute atomic E-state index is 12.9. The number of hydrogen-bond donors (Lipinski definition) is 0. The Balaban J connectivity index is 4.26. The average molecular weight is 1090 g/mol. The molecule has 6 heteroatoms. The van der Waals surface area contributed by atoms with Crippen molar-refractivity contribution in [2.24, 2.45) is 0 Å². The Morgan fingerprint density at radius 2 is 0.462 bits per heavy atom. The number of ether oxygens (including phenoxy) is 3. The number of esters is 3. The summed E-state index contributed by atoms with van der Waals surface area (Å²) in [5, 5.41) is 0. The van der Waals surface area contributed by atoms with Gasteiger partial charge in [0.15, 0.2) is 6.10 Å². The predicted molar refractivity (Wildman–Crippen MR) is 339 cm³/mol.